The Morgan fingerprint density at radius 3 is 2.50 bits per heavy atom. The van der Waals surface area contributed by atoms with E-state index in [4.69, 9.17) is 4.74 Å². The van der Waals surface area contributed by atoms with E-state index in [2.05, 4.69) is 44.2 Å². The third-order valence-corrected chi connectivity index (χ3v) is 10.9. The number of hydrogen-bond acceptors (Lipinski definition) is 3. The molecule has 32 heavy (non-hydrogen) atoms. The number of rotatable bonds is 4. The number of ether oxygens (including phenoxy) is 1. The van der Waals surface area contributed by atoms with Crippen LogP contribution in [0.25, 0.3) is 0 Å². The molecule has 0 aromatic heterocycles. The van der Waals surface area contributed by atoms with Gasteiger partial charge in [0.05, 0.1) is 5.60 Å². The molecule has 1 N–H and O–H groups in total. The number of aliphatic hydroxyl groups is 1. The van der Waals surface area contributed by atoms with E-state index in [0.29, 0.717) is 17.3 Å². The van der Waals surface area contributed by atoms with Gasteiger partial charge in [0.1, 0.15) is 6.10 Å². The molecule has 1 aromatic rings. The van der Waals surface area contributed by atoms with E-state index in [1.54, 1.807) is 6.92 Å². The summed E-state index contributed by atoms with van der Waals surface area (Å²) in [6.45, 7) is 6.53. The normalized spacial score (nSPS) is 45.4. The summed E-state index contributed by atoms with van der Waals surface area (Å²) in [5, 5.41) is 12.0. The van der Waals surface area contributed by atoms with Gasteiger partial charge in [-0.05, 0) is 111 Å². The fourth-order valence-corrected chi connectivity index (χ4v) is 9.08. The highest BCUT2D eigenvalue weighted by atomic mass is 16.5. The predicted octanol–water partition coefficient (Wildman–Crippen LogP) is 6.32. The lowest BCUT2D eigenvalue weighted by Gasteiger charge is -2.61. The number of esters is 1. The summed E-state index contributed by atoms with van der Waals surface area (Å²) in [5.74, 6) is 2.75. The monoisotopic (exact) mass is 438 g/mol. The van der Waals surface area contributed by atoms with Gasteiger partial charge in [-0.25, -0.2) is 0 Å². The molecule has 4 saturated carbocycles. The second kappa shape index (κ2) is 8.15. The van der Waals surface area contributed by atoms with E-state index in [-0.39, 0.29) is 17.5 Å². The number of aryl methyl sites for hydroxylation is 1. The van der Waals surface area contributed by atoms with Crippen LogP contribution in [0.2, 0.25) is 0 Å². The molecule has 0 radical (unpaired) electrons. The van der Waals surface area contributed by atoms with Gasteiger partial charge in [0.25, 0.3) is 0 Å². The summed E-state index contributed by atoms with van der Waals surface area (Å²) in [6, 6.07) is 10.7. The third-order valence-electron chi connectivity index (χ3n) is 10.9. The molecule has 4 aliphatic rings. The number of carbonyl (C=O) groups excluding carboxylic acids is 1. The Kier molecular flexibility index (Phi) is 5.72. The molecule has 8 atom stereocenters. The standard InChI is InChI=1S/C29H42O3/c1-20(30)32-23-12-15-27(2)22(19-23)9-10-24-25(27)13-16-28(3)26(24)14-18-29(28,31)17-11-21-7-5-4-6-8-21/h4-8,22-26,31H,9-19H2,1-3H3/t22-,23-,24+,25+,26-,27-,28+,29+/m1/s1. The van der Waals surface area contributed by atoms with Crippen molar-refractivity contribution in [3.05, 3.63) is 35.9 Å². The lowest BCUT2D eigenvalue weighted by atomic mass is 9.44. The topological polar surface area (TPSA) is 46.5 Å². The zero-order valence-electron chi connectivity index (χ0n) is 20.3. The van der Waals surface area contributed by atoms with Gasteiger partial charge in [-0.15, -0.1) is 0 Å². The van der Waals surface area contributed by atoms with Crippen LogP contribution < -0.4 is 0 Å². The molecule has 3 heteroatoms. The van der Waals surface area contributed by atoms with Crippen LogP contribution in [0.3, 0.4) is 0 Å². The van der Waals surface area contributed by atoms with Crippen molar-refractivity contribution in [3.63, 3.8) is 0 Å². The van der Waals surface area contributed by atoms with Crippen molar-refractivity contribution in [3.8, 4) is 0 Å². The van der Waals surface area contributed by atoms with Gasteiger partial charge in [-0.3, -0.25) is 4.79 Å². The van der Waals surface area contributed by atoms with Crippen molar-refractivity contribution in [2.75, 3.05) is 0 Å². The van der Waals surface area contributed by atoms with Crippen LogP contribution in [-0.2, 0) is 16.0 Å². The largest absolute Gasteiger partial charge is 0.463 e. The molecule has 176 valence electrons. The molecule has 0 aliphatic heterocycles. The van der Waals surface area contributed by atoms with E-state index >= 15 is 0 Å². The van der Waals surface area contributed by atoms with Gasteiger partial charge >= 0.3 is 5.97 Å². The highest BCUT2D eigenvalue weighted by Gasteiger charge is 2.64. The minimum atomic E-state index is -0.525. The molecule has 3 nitrogen and oxygen atoms in total. The maximum Gasteiger partial charge on any atom is 0.302 e. The molecular formula is C29H42O3. The van der Waals surface area contributed by atoms with Crippen molar-refractivity contribution >= 4 is 5.97 Å². The minimum absolute atomic E-state index is 0.0566. The van der Waals surface area contributed by atoms with E-state index in [9.17, 15) is 9.90 Å². The maximum absolute atomic E-state index is 12.0. The van der Waals surface area contributed by atoms with Gasteiger partial charge < -0.3 is 9.84 Å². The molecule has 5 rings (SSSR count). The molecule has 0 bridgehead atoms. The molecular weight excluding hydrogens is 396 g/mol. The van der Waals surface area contributed by atoms with E-state index in [1.807, 2.05) is 0 Å². The van der Waals surface area contributed by atoms with Crippen LogP contribution in [0.5, 0.6) is 0 Å². The first-order valence-corrected chi connectivity index (χ1v) is 13.2. The summed E-state index contributed by atoms with van der Waals surface area (Å²) in [4.78, 5) is 11.5. The summed E-state index contributed by atoms with van der Waals surface area (Å²) >= 11 is 0. The first-order chi connectivity index (χ1) is 15.3. The average molecular weight is 439 g/mol. The van der Waals surface area contributed by atoms with Crippen LogP contribution in [-0.4, -0.2) is 22.8 Å². The fraction of sp³-hybridized carbons (Fsp3) is 0.759. The quantitative estimate of drug-likeness (QED) is 0.559. The van der Waals surface area contributed by atoms with Gasteiger partial charge in [0, 0.05) is 6.92 Å². The lowest BCUT2D eigenvalue weighted by Crippen LogP contribution is -2.57. The lowest BCUT2D eigenvalue weighted by molar-refractivity contribution is -0.170. The predicted molar refractivity (Wildman–Crippen MR) is 127 cm³/mol. The van der Waals surface area contributed by atoms with Gasteiger partial charge in [-0.1, -0.05) is 44.2 Å². The SMILES string of the molecule is CC(=O)O[C@@H]1CC[C@]2(C)[C@H](CC[C@@H]3[C@H]4CC[C@@](O)(CCc5ccccc5)[C@@]4(C)CC[C@@H]32)C1. The van der Waals surface area contributed by atoms with Crippen LogP contribution >= 0.6 is 0 Å². The second-order valence-corrected chi connectivity index (χ2v) is 12.2. The van der Waals surface area contributed by atoms with Crippen LogP contribution in [0.15, 0.2) is 30.3 Å². The fourth-order valence-electron chi connectivity index (χ4n) is 9.08. The zero-order chi connectivity index (χ0) is 22.6. The maximum atomic E-state index is 12.0. The molecule has 4 fully saturated rings. The molecule has 0 spiro atoms. The van der Waals surface area contributed by atoms with Crippen molar-refractivity contribution in [1.29, 1.82) is 0 Å². The Balaban J connectivity index is 1.31. The summed E-state index contributed by atoms with van der Waals surface area (Å²) in [5.41, 5.74) is 1.26. The summed E-state index contributed by atoms with van der Waals surface area (Å²) in [7, 11) is 0. The number of fused-ring (bicyclic) bond motifs is 5. The zero-order valence-corrected chi connectivity index (χ0v) is 20.3. The summed E-state index contributed by atoms with van der Waals surface area (Å²) < 4.78 is 5.63. The van der Waals surface area contributed by atoms with Crippen molar-refractivity contribution in [1.82, 2.24) is 0 Å². The van der Waals surface area contributed by atoms with Gasteiger partial charge in [-0.2, -0.15) is 0 Å². The first-order valence-electron chi connectivity index (χ1n) is 13.2. The molecule has 0 amide bonds. The van der Waals surface area contributed by atoms with Crippen molar-refractivity contribution in [2.24, 2.45) is 34.5 Å². The number of benzene rings is 1. The van der Waals surface area contributed by atoms with Crippen LogP contribution in [0.1, 0.15) is 90.5 Å². The van der Waals surface area contributed by atoms with Crippen molar-refractivity contribution < 1.29 is 14.6 Å². The highest BCUT2D eigenvalue weighted by molar-refractivity contribution is 5.66. The Morgan fingerprint density at radius 2 is 1.75 bits per heavy atom. The molecule has 1 aromatic carbocycles. The van der Waals surface area contributed by atoms with E-state index in [0.717, 1.165) is 43.9 Å². The second-order valence-electron chi connectivity index (χ2n) is 12.2. The molecule has 0 saturated heterocycles. The van der Waals surface area contributed by atoms with Gasteiger partial charge in [0.2, 0.25) is 0 Å². The Hall–Kier alpha value is -1.35. The smallest absolute Gasteiger partial charge is 0.302 e. The van der Waals surface area contributed by atoms with Crippen molar-refractivity contribution in [2.45, 2.75) is 103 Å². The Labute approximate surface area is 194 Å². The molecule has 4 aliphatic carbocycles. The summed E-state index contributed by atoms with van der Waals surface area (Å²) in [6.07, 6.45) is 12.4. The average Bonchev–Trinajstić information content (AvgIpc) is 3.04. The van der Waals surface area contributed by atoms with Crippen LogP contribution in [0.4, 0.5) is 0 Å². The first kappa shape index (κ1) is 22.4. The van der Waals surface area contributed by atoms with E-state index < -0.39 is 5.60 Å². The molecule has 0 heterocycles. The van der Waals surface area contributed by atoms with Crippen LogP contribution in [0, 0.1) is 34.5 Å². The Bertz CT molecular complexity index is 836. The Morgan fingerprint density at radius 1 is 1.00 bits per heavy atom. The third kappa shape index (κ3) is 3.54. The molecule has 0 unspecified atom stereocenters. The van der Waals surface area contributed by atoms with Gasteiger partial charge in [0.15, 0.2) is 0 Å². The highest BCUT2D eigenvalue weighted by Crippen LogP contribution is 2.68. The minimum Gasteiger partial charge on any atom is -0.463 e. The number of carbonyl (C=O) groups is 1. The van der Waals surface area contributed by atoms with E-state index in [1.165, 1.54) is 44.1 Å². The number of hydrogen-bond donors (Lipinski definition) is 1.